The van der Waals surface area contributed by atoms with E-state index in [1.807, 2.05) is 0 Å². The van der Waals surface area contributed by atoms with Gasteiger partial charge in [-0.2, -0.15) is 0 Å². The molecular weight excluding hydrogens is 239 g/mol. The molecule has 1 aromatic carbocycles. The zero-order valence-electron chi connectivity index (χ0n) is 6.34. The SMILES string of the molecule is O=c1cnc2ccc(F)c(Br)c2[nH]1. The van der Waals surface area contributed by atoms with Crippen LogP contribution >= 0.6 is 15.9 Å². The first kappa shape index (κ1) is 8.37. The quantitative estimate of drug-likeness (QED) is 0.767. The lowest BCUT2D eigenvalue weighted by molar-refractivity contribution is 0.623. The molecule has 0 spiro atoms. The van der Waals surface area contributed by atoms with E-state index in [-0.39, 0.29) is 10.0 Å². The summed E-state index contributed by atoms with van der Waals surface area (Å²) in [5.74, 6) is -0.420. The van der Waals surface area contributed by atoms with Crippen molar-refractivity contribution in [2.75, 3.05) is 0 Å². The molecule has 0 radical (unpaired) electrons. The van der Waals surface area contributed by atoms with E-state index in [1.54, 1.807) is 0 Å². The molecule has 3 nitrogen and oxygen atoms in total. The third-order valence-corrected chi connectivity index (χ3v) is 2.42. The van der Waals surface area contributed by atoms with E-state index in [4.69, 9.17) is 0 Å². The topological polar surface area (TPSA) is 45.8 Å². The number of aromatic nitrogens is 2. The lowest BCUT2D eigenvalue weighted by atomic mass is 10.3. The first-order valence-corrected chi connectivity index (χ1v) is 4.31. The molecule has 1 heterocycles. The van der Waals surface area contributed by atoms with Gasteiger partial charge in [0.25, 0.3) is 5.56 Å². The Morgan fingerprint density at radius 1 is 1.46 bits per heavy atom. The Morgan fingerprint density at radius 3 is 3.00 bits per heavy atom. The maximum Gasteiger partial charge on any atom is 0.266 e. The van der Waals surface area contributed by atoms with Crippen LogP contribution in [0.25, 0.3) is 11.0 Å². The number of nitrogens with zero attached hydrogens (tertiary/aromatic N) is 1. The van der Waals surface area contributed by atoms with Gasteiger partial charge in [0.05, 0.1) is 21.7 Å². The van der Waals surface area contributed by atoms with Crippen molar-refractivity contribution in [1.82, 2.24) is 9.97 Å². The van der Waals surface area contributed by atoms with Gasteiger partial charge in [-0.3, -0.25) is 4.79 Å². The van der Waals surface area contributed by atoms with Crippen molar-refractivity contribution in [1.29, 1.82) is 0 Å². The predicted octanol–water partition coefficient (Wildman–Crippen LogP) is 1.82. The van der Waals surface area contributed by atoms with E-state index < -0.39 is 5.82 Å². The summed E-state index contributed by atoms with van der Waals surface area (Å²) < 4.78 is 13.2. The van der Waals surface area contributed by atoms with Crippen LogP contribution in [0.2, 0.25) is 0 Å². The minimum atomic E-state index is -0.420. The van der Waals surface area contributed by atoms with Gasteiger partial charge in [-0.05, 0) is 28.1 Å². The van der Waals surface area contributed by atoms with Crippen molar-refractivity contribution in [3.05, 3.63) is 39.0 Å². The lowest BCUT2D eigenvalue weighted by Gasteiger charge is -1.99. The molecule has 0 saturated heterocycles. The van der Waals surface area contributed by atoms with Gasteiger partial charge >= 0.3 is 0 Å². The standard InChI is InChI=1S/C8H4BrFN2O/c9-7-4(10)1-2-5-8(7)12-6(13)3-11-5/h1-3H,(H,12,13). The normalized spacial score (nSPS) is 10.6. The number of fused-ring (bicyclic) bond motifs is 1. The number of hydrogen-bond acceptors (Lipinski definition) is 2. The Bertz CT molecular complexity index is 523. The summed E-state index contributed by atoms with van der Waals surface area (Å²) in [4.78, 5) is 17.2. The Hall–Kier alpha value is -1.23. The summed E-state index contributed by atoms with van der Waals surface area (Å²) in [6, 6.07) is 2.79. The number of halogens is 2. The highest BCUT2D eigenvalue weighted by molar-refractivity contribution is 9.10. The molecule has 0 saturated carbocycles. The second-order valence-corrected chi connectivity index (χ2v) is 3.30. The number of hydrogen-bond donors (Lipinski definition) is 1. The molecule has 13 heavy (non-hydrogen) atoms. The molecule has 0 aliphatic carbocycles. The number of nitrogens with one attached hydrogen (secondary N) is 1. The van der Waals surface area contributed by atoms with E-state index in [0.717, 1.165) is 6.20 Å². The van der Waals surface area contributed by atoms with Crippen LogP contribution in [0.3, 0.4) is 0 Å². The van der Waals surface area contributed by atoms with Crippen LogP contribution in [0.4, 0.5) is 4.39 Å². The van der Waals surface area contributed by atoms with Crippen LogP contribution < -0.4 is 5.56 Å². The molecule has 0 aliphatic heterocycles. The maximum atomic E-state index is 13.0. The van der Waals surface area contributed by atoms with Gasteiger partial charge < -0.3 is 4.98 Å². The van der Waals surface area contributed by atoms with Gasteiger partial charge in [-0.25, -0.2) is 9.37 Å². The zero-order valence-corrected chi connectivity index (χ0v) is 7.93. The molecular formula is C8H4BrFN2O. The second-order valence-electron chi connectivity index (χ2n) is 2.50. The summed E-state index contributed by atoms with van der Waals surface area (Å²) in [7, 11) is 0. The van der Waals surface area contributed by atoms with Crippen molar-refractivity contribution < 1.29 is 4.39 Å². The molecule has 0 fully saturated rings. The van der Waals surface area contributed by atoms with Crippen molar-refractivity contribution >= 4 is 27.0 Å². The summed E-state index contributed by atoms with van der Waals surface area (Å²) in [5, 5.41) is 0. The minimum absolute atomic E-state index is 0.232. The van der Waals surface area contributed by atoms with Crippen LogP contribution in [-0.2, 0) is 0 Å². The Balaban J connectivity index is 2.97. The molecule has 2 rings (SSSR count). The fraction of sp³-hybridized carbons (Fsp3) is 0. The number of benzene rings is 1. The Kier molecular flexibility index (Phi) is 1.88. The molecule has 0 bridgehead atoms. The van der Waals surface area contributed by atoms with Crippen molar-refractivity contribution in [2.45, 2.75) is 0 Å². The Labute approximate surface area is 80.7 Å². The van der Waals surface area contributed by atoms with E-state index in [0.29, 0.717) is 11.0 Å². The van der Waals surface area contributed by atoms with Crippen molar-refractivity contribution in [2.24, 2.45) is 0 Å². The monoisotopic (exact) mass is 242 g/mol. The smallest absolute Gasteiger partial charge is 0.266 e. The van der Waals surface area contributed by atoms with E-state index in [1.165, 1.54) is 12.1 Å². The van der Waals surface area contributed by atoms with Crippen LogP contribution in [0.5, 0.6) is 0 Å². The fourth-order valence-corrected chi connectivity index (χ4v) is 1.48. The molecule has 5 heteroatoms. The highest BCUT2D eigenvalue weighted by Gasteiger charge is 2.05. The average molecular weight is 243 g/mol. The van der Waals surface area contributed by atoms with E-state index >= 15 is 0 Å². The average Bonchev–Trinajstić information content (AvgIpc) is 2.12. The molecule has 1 N–H and O–H groups in total. The summed E-state index contributed by atoms with van der Waals surface area (Å²) >= 11 is 3.03. The minimum Gasteiger partial charge on any atom is -0.318 e. The Morgan fingerprint density at radius 2 is 2.23 bits per heavy atom. The van der Waals surface area contributed by atoms with Crippen molar-refractivity contribution in [3.63, 3.8) is 0 Å². The molecule has 1 aromatic heterocycles. The van der Waals surface area contributed by atoms with Gasteiger partial charge in [-0.1, -0.05) is 0 Å². The first-order valence-electron chi connectivity index (χ1n) is 3.51. The largest absolute Gasteiger partial charge is 0.318 e. The highest BCUT2D eigenvalue weighted by Crippen LogP contribution is 2.22. The molecule has 0 atom stereocenters. The van der Waals surface area contributed by atoms with Crippen LogP contribution in [0.15, 0.2) is 27.6 Å². The third kappa shape index (κ3) is 1.35. The summed E-state index contributed by atoms with van der Waals surface area (Å²) in [6.07, 6.45) is 1.16. The van der Waals surface area contributed by atoms with Gasteiger partial charge in [-0.15, -0.1) is 0 Å². The summed E-state index contributed by atoms with van der Waals surface area (Å²) in [6.45, 7) is 0. The maximum absolute atomic E-state index is 13.0. The second kappa shape index (κ2) is 2.92. The first-order chi connectivity index (χ1) is 6.18. The van der Waals surface area contributed by atoms with Crippen LogP contribution in [0.1, 0.15) is 0 Å². The lowest BCUT2D eigenvalue weighted by Crippen LogP contribution is -2.05. The highest BCUT2D eigenvalue weighted by atomic mass is 79.9. The molecule has 0 amide bonds. The predicted molar refractivity (Wildman–Crippen MR) is 50.0 cm³/mol. The van der Waals surface area contributed by atoms with Crippen molar-refractivity contribution in [3.8, 4) is 0 Å². The van der Waals surface area contributed by atoms with Crippen LogP contribution in [0, 0.1) is 5.82 Å². The van der Waals surface area contributed by atoms with E-state index in [2.05, 4.69) is 25.9 Å². The number of H-pyrrole nitrogens is 1. The van der Waals surface area contributed by atoms with Gasteiger partial charge in [0, 0.05) is 0 Å². The van der Waals surface area contributed by atoms with Crippen LogP contribution in [-0.4, -0.2) is 9.97 Å². The van der Waals surface area contributed by atoms with Gasteiger partial charge in [0.1, 0.15) is 5.82 Å². The molecule has 2 aromatic rings. The van der Waals surface area contributed by atoms with Gasteiger partial charge in [0.15, 0.2) is 0 Å². The number of aromatic amines is 1. The van der Waals surface area contributed by atoms with Gasteiger partial charge in [0.2, 0.25) is 0 Å². The molecule has 66 valence electrons. The van der Waals surface area contributed by atoms with E-state index in [9.17, 15) is 9.18 Å². The summed E-state index contributed by atoms with van der Waals surface area (Å²) in [5.41, 5.74) is 0.583. The fourth-order valence-electron chi connectivity index (χ4n) is 1.05. The molecule has 0 unspecified atom stereocenters. The third-order valence-electron chi connectivity index (χ3n) is 1.64. The number of rotatable bonds is 0. The molecule has 0 aliphatic rings. The zero-order chi connectivity index (χ0) is 9.42.